The van der Waals surface area contributed by atoms with E-state index in [0.29, 0.717) is 32.0 Å². The van der Waals surface area contributed by atoms with Gasteiger partial charge < -0.3 is 9.64 Å². The summed E-state index contributed by atoms with van der Waals surface area (Å²) < 4.78 is 5.24. The lowest BCUT2D eigenvalue weighted by molar-refractivity contribution is -0.384. The minimum atomic E-state index is -0.329. The summed E-state index contributed by atoms with van der Waals surface area (Å²) in [6.45, 7) is 4.62. The van der Waals surface area contributed by atoms with Gasteiger partial charge in [-0.3, -0.25) is 10.1 Å². The SMILES string of the molecule is Cc1ccc([N+](=O)[O-])c(N2CCOCC2)c1. The molecule has 0 unspecified atom stereocenters. The van der Waals surface area contributed by atoms with Gasteiger partial charge in [0.05, 0.1) is 18.1 Å². The number of anilines is 1. The summed E-state index contributed by atoms with van der Waals surface area (Å²) in [5.41, 5.74) is 1.91. The predicted molar refractivity (Wildman–Crippen MR) is 60.9 cm³/mol. The summed E-state index contributed by atoms with van der Waals surface area (Å²) in [7, 11) is 0. The molecule has 86 valence electrons. The van der Waals surface area contributed by atoms with Crippen molar-refractivity contribution >= 4 is 11.4 Å². The Morgan fingerprint density at radius 1 is 1.38 bits per heavy atom. The molecular weight excluding hydrogens is 208 g/mol. The molecule has 1 aliphatic rings. The largest absolute Gasteiger partial charge is 0.378 e. The molecule has 0 aromatic heterocycles. The average Bonchev–Trinajstić information content (AvgIpc) is 2.29. The molecule has 0 spiro atoms. The Bertz CT molecular complexity index is 400. The molecule has 1 heterocycles. The minimum absolute atomic E-state index is 0.174. The molecule has 0 amide bonds. The summed E-state index contributed by atoms with van der Waals surface area (Å²) in [5.74, 6) is 0. The highest BCUT2D eigenvalue weighted by Crippen LogP contribution is 2.29. The number of hydrogen-bond donors (Lipinski definition) is 0. The van der Waals surface area contributed by atoms with E-state index in [9.17, 15) is 10.1 Å². The number of nitro benzene ring substituents is 1. The maximum Gasteiger partial charge on any atom is 0.292 e. The highest BCUT2D eigenvalue weighted by atomic mass is 16.6. The maximum absolute atomic E-state index is 10.9. The first-order chi connectivity index (χ1) is 7.68. The van der Waals surface area contributed by atoms with E-state index in [4.69, 9.17) is 4.74 Å². The van der Waals surface area contributed by atoms with Crippen LogP contribution in [-0.4, -0.2) is 31.2 Å². The molecule has 1 aromatic rings. The van der Waals surface area contributed by atoms with E-state index in [1.807, 2.05) is 17.9 Å². The zero-order chi connectivity index (χ0) is 11.5. The Morgan fingerprint density at radius 2 is 2.06 bits per heavy atom. The Labute approximate surface area is 93.8 Å². The van der Waals surface area contributed by atoms with Crippen molar-refractivity contribution < 1.29 is 9.66 Å². The first-order valence-electron chi connectivity index (χ1n) is 5.26. The van der Waals surface area contributed by atoms with Crippen LogP contribution in [0.4, 0.5) is 11.4 Å². The Balaban J connectivity index is 2.36. The van der Waals surface area contributed by atoms with E-state index in [0.717, 1.165) is 5.56 Å². The molecule has 0 atom stereocenters. The smallest absolute Gasteiger partial charge is 0.292 e. The molecule has 1 aliphatic heterocycles. The monoisotopic (exact) mass is 222 g/mol. The lowest BCUT2D eigenvalue weighted by Gasteiger charge is -2.28. The third kappa shape index (κ3) is 2.14. The number of aryl methyl sites for hydroxylation is 1. The fourth-order valence-corrected chi connectivity index (χ4v) is 1.85. The maximum atomic E-state index is 10.9. The van der Waals surface area contributed by atoms with Crippen LogP contribution < -0.4 is 4.90 Å². The normalized spacial score (nSPS) is 16.2. The van der Waals surface area contributed by atoms with E-state index < -0.39 is 0 Å². The van der Waals surface area contributed by atoms with Crippen molar-refractivity contribution in [3.8, 4) is 0 Å². The van der Waals surface area contributed by atoms with Crippen molar-refractivity contribution in [3.63, 3.8) is 0 Å². The summed E-state index contributed by atoms with van der Waals surface area (Å²) >= 11 is 0. The third-order valence-electron chi connectivity index (χ3n) is 2.68. The lowest BCUT2D eigenvalue weighted by Crippen LogP contribution is -2.36. The number of hydrogen-bond acceptors (Lipinski definition) is 4. The summed E-state index contributed by atoms with van der Waals surface area (Å²) in [5, 5.41) is 10.9. The van der Waals surface area contributed by atoms with Crippen LogP contribution in [0.5, 0.6) is 0 Å². The van der Waals surface area contributed by atoms with Crippen molar-refractivity contribution in [2.24, 2.45) is 0 Å². The number of morpholine rings is 1. The molecule has 0 N–H and O–H groups in total. The molecule has 5 heteroatoms. The number of nitro groups is 1. The van der Waals surface area contributed by atoms with E-state index in [2.05, 4.69) is 0 Å². The zero-order valence-corrected chi connectivity index (χ0v) is 9.18. The topological polar surface area (TPSA) is 55.6 Å². The van der Waals surface area contributed by atoms with E-state index in [-0.39, 0.29) is 10.6 Å². The van der Waals surface area contributed by atoms with Crippen molar-refractivity contribution in [1.29, 1.82) is 0 Å². The van der Waals surface area contributed by atoms with E-state index in [1.54, 1.807) is 12.1 Å². The molecule has 1 aromatic carbocycles. The molecule has 0 radical (unpaired) electrons. The molecule has 0 bridgehead atoms. The van der Waals surface area contributed by atoms with Gasteiger partial charge >= 0.3 is 0 Å². The minimum Gasteiger partial charge on any atom is -0.378 e. The van der Waals surface area contributed by atoms with Gasteiger partial charge in [0.1, 0.15) is 5.69 Å². The van der Waals surface area contributed by atoms with Crippen LogP contribution in [0.15, 0.2) is 18.2 Å². The lowest BCUT2D eigenvalue weighted by atomic mass is 10.1. The van der Waals surface area contributed by atoms with Gasteiger partial charge in [-0.15, -0.1) is 0 Å². The fraction of sp³-hybridized carbons (Fsp3) is 0.455. The van der Waals surface area contributed by atoms with Gasteiger partial charge in [-0.1, -0.05) is 6.07 Å². The standard InChI is InChI=1S/C11H14N2O3/c1-9-2-3-10(13(14)15)11(8-9)12-4-6-16-7-5-12/h2-3,8H,4-7H2,1H3. The van der Waals surface area contributed by atoms with Crippen LogP contribution in [0.2, 0.25) is 0 Å². The molecule has 0 saturated carbocycles. The highest BCUT2D eigenvalue weighted by Gasteiger charge is 2.20. The summed E-state index contributed by atoms with van der Waals surface area (Å²) in [6.07, 6.45) is 0. The van der Waals surface area contributed by atoms with Crippen LogP contribution >= 0.6 is 0 Å². The number of nitrogens with zero attached hydrogens (tertiary/aromatic N) is 2. The van der Waals surface area contributed by atoms with Crippen molar-refractivity contribution in [2.45, 2.75) is 6.92 Å². The predicted octanol–water partition coefficient (Wildman–Crippen LogP) is 1.74. The van der Waals surface area contributed by atoms with Gasteiger partial charge in [-0.2, -0.15) is 0 Å². The van der Waals surface area contributed by atoms with Gasteiger partial charge in [-0.25, -0.2) is 0 Å². The van der Waals surface area contributed by atoms with E-state index >= 15 is 0 Å². The molecule has 16 heavy (non-hydrogen) atoms. The van der Waals surface area contributed by atoms with Crippen LogP contribution in [0, 0.1) is 17.0 Å². The first-order valence-corrected chi connectivity index (χ1v) is 5.26. The average molecular weight is 222 g/mol. The van der Waals surface area contributed by atoms with Crippen LogP contribution in [0.25, 0.3) is 0 Å². The molecule has 2 rings (SSSR count). The Kier molecular flexibility index (Phi) is 3.05. The zero-order valence-electron chi connectivity index (χ0n) is 9.18. The van der Waals surface area contributed by atoms with Crippen molar-refractivity contribution in [3.05, 3.63) is 33.9 Å². The molecule has 5 nitrogen and oxygen atoms in total. The highest BCUT2D eigenvalue weighted by molar-refractivity contribution is 5.64. The van der Waals surface area contributed by atoms with E-state index in [1.165, 1.54) is 0 Å². The van der Waals surface area contributed by atoms with Gasteiger partial charge in [0.15, 0.2) is 0 Å². The second-order valence-electron chi connectivity index (χ2n) is 3.85. The first kappa shape index (κ1) is 10.9. The Morgan fingerprint density at radius 3 is 2.69 bits per heavy atom. The quantitative estimate of drug-likeness (QED) is 0.565. The second kappa shape index (κ2) is 4.49. The van der Waals surface area contributed by atoms with Gasteiger partial charge in [0, 0.05) is 19.2 Å². The molecule has 0 aliphatic carbocycles. The molecule has 1 saturated heterocycles. The van der Waals surface area contributed by atoms with Gasteiger partial charge in [-0.05, 0) is 18.6 Å². The second-order valence-corrected chi connectivity index (χ2v) is 3.85. The van der Waals surface area contributed by atoms with Crippen LogP contribution in [-0.2, 0) is 4.74 Å². The number of rotatable bonds is 2. The third-order valence-corrected chi connectivity index (χ3v) is 2.68. The fourth-order valence-electron chi connectivity index (χ4n) is 1.85. The molecule has 1 fully saturated rings. The molecular formula is C11H14N2O3. The van der Waals surface area contributed by atoms with Gasteiger partial charge in [0.2, 0.25) is 0 Å². The van der Waals surface area contributed by atoms with Gasteiger partial charge in [0.25, 0.3) is 5.69 Å². The van der Waals surface area contributed by atoms with Crippen LogP contribution in [0.3, 0.4) is 0 Å². The number of ether oxygens (including phenoxy) is 1. The van der Waals surface area contributed by atoms with Crippen molar-refractivity contribution in [2.75, 3.05) is 31.2 Å². The van der Waals surface area contributed by atoms with Crippen LogP contribution in [0.1, 0.15) is 5.56 Å². The number of benzene rings is 1. The van der Waals surface area contributed by atoms with Crippen molar-refractivity contribution in [1.82, 2.24) is 0 Å². The summed E-state index contributed by atoms with van der Waals surface area (Å²) in [4.78, 5) is 12.6. The Hall–Kier alpha value is -1.62. The summed E-state index contributed by atoms with van der Waals surface area (Å²) in [6, 6.07) is 5.20.